The Balaban J connectivity index is 1.71. The van der Waals surface area contributed by atoms with E-state index in [1.54, 1.807) is 6.20 Å². The van der Waals surface area contributed by atoms with E-state index in [9.17, 15) is 4.79 Å². The highest BCUT2D eigenvalue weighted by Crippen LogP contribution is 2.27. The number of hydrogen-bond donors (Lipinski definition) is 3. The van der Waals surface area contributed by atoms with Crippen molar-refractivity contribution in [3.8, 4) is 11.8 Å². The van der Waals surface area contributed by atoms with Crippen LogP contribution in [-0.4, -0.2) is 22.6 Å². The van der Waals surface area contributed by atoms with E-state index in [-0.39, 0.29) is 6.61 Å². The molecule has 5 nitrogen and oxygen atoms in total. The number of thiazole rings is 1. The molecule has 114 valence electrons. The van der Waals surface area contributed by atoms with Gasteiger partial charge in [-0.2, -0.15) is 0 Å². The zero-order chi connectivity index (χ0) is 16.1. The summed E-state index contributed by atoms with van der Waals surface area (Å²) in [6.45, 7) is -0.342. The Morgan fingerprint density at radius 1 is 1.22 bits per heavy atom. The lowest BCUT2D eigenvalue weighted by molar-refractivity contribution is -0.111. The highest BCUT2D eigenvalue weighted by atomic mass is 32.1. The number of rotatable bonds is 3. The molecule has 3 aromatic rings. The Bertz CT molecular complexity index is 909. The van der Waals surface area contributed by atoms with Crippen LogP contribution in [0.4, 0.5) is 15.8 Å². The first-order chi connectivity index (χ1) is 11.2. The van der Waals surface area contributed by atoms with Gasteiger partial charge in [-0.05, 0) is 28.8 Å². The van der Waals surface area contributed by atoms with Gasteiger partial charge in [-0.25, -0.2) is 4.98 Å². The highest BCUT2D eigenvalue weighted by Gasteiger charge is 2.05. The molecule has 2 aromatic carbocycles. The zero-order valence-electron chi connectivity index (χ0n) is 12.0. The van der Waals surface area contributed by atoms with Crippen LogP contribution in [0.2, 0.25) is 0 Å². The molecule has 0 saturated carbocycles. The van der Waals surface area contributed by atoms with Crippen molar-refractivity contribution in [1.29, 1.82) is 0 Å². The third-order valence-electron chi connectivity index (χ3n) is 3.02. The van der Waals surface area contributed by atoms with Gasteiger partial charge in [0.25, 0.3) is 0 Å². The second-order valence-corrected chi connectivity index (χ2v) is 5.66. The van der Waals surface area contributed by atoms with Gasteiger partial charge in [0.1, 0.15) is 11.6 Å². The summed E-state index contributed by atoms with van der Waals surface area (Å²) in [5.41, 5.74) is 0.927. The Kier molecular flexibility index (Phi) is 4.52. The van der Waals surface area contributed by atoms with Crippen LogP contribution in [0.5, 0.6) is 0 Å². The quantitative estimate of drug-likeness (QED) is 0.648. The number of nitrogens with zero attached hydrogens (tertiary/aromatic N) is 1. The fourth-order valence-electron chi connectivity index (χ4n) is 2.04. The molecule has 1 aromatic heterocycles. The Labute approximate surface area is 137 Å². The summed E-state index contributed by atoms with van der Waals surface area (Å²) in [6, 6.07) is 14.2. The van der Waals surface area contributed by atoms with Crippen molar-refractivity contribution in [1.82, 2.24) is 4.98 Å². The Morgan fingerprint density at radius 2 is 2.04 bits per heavy atom. The van der Waals surface area contributed by atoms with Crippen LogP contribution < -0.4 is 10.6 Å². The first-order valence-corrected chi connectivity index (χ1v) is 7.68. The molecule has 0 fully saturated rings. The normalized spacial score (nSPS) is 9.96. The van der Waals surface area contributed by atoms with Crippen LogP contribution in [0.3, 0.4) is 0 Å². The van der Waals surface area contributed by atoms with Gasteiger partial charge in [0.2, 0.25) is 0 Å². The number of aromatic nitrogens is 1. The number of fused-ring (bicyclic) bond motifs is 1. The van der Waals surface area contributed by atoms with Crippen LogP contribution in [0.1, 0.15) is 0 Å². The predicted octanol–water partition coefficient (Wildman–Crippen LogP) is 2.97. The largest absolute Gasteiger partial charge is 0.384 e. The summed E-state index contributed by atoms with van der Waals surface area (Å²) in [5.74, 6) is 4.09. The zero-order valence-corrected chi connectivity index (χ0v) is 12.9. The van der Waals surface area contributed by atoms with Crippen LogP contribution >= 0.6 is 11.3 Å². The van der Waals surface area contributed by atoms with Crippen LogP contribution in [0.15, 0.2) is 48.7 Å². The van der Waals surface area contributed by atoms with Gasteiger partial charge >= 0.3 is 5.91 Å². The molecule has 0 saturated heterocycles. The molecule has 23 heavy (non-hydrogen) atoms. The monoisotopic (exact) mass is 323 g/mol. The molecule has 0 aliphatic rings. The van der Waals surface area contributed by atoms with Gasteiger partial charge in [0, 0.05) is 5.69 Å². The minimum atomic E-state index is -0.472. The fraction of sp³-hybridized carbons (Fsp3) is 0.0588. The fourth-order valence-corrected chi connectivity index (χ4v) is 2.77. The number of benzene rings is 2. The first-order valence-electron chi connectivity index (χ1n) is 6.87. The number of nitrogens with one attached hydrogen (secondary N) is 2. The molecule has 0 aliphatic heterocycles. The summed E-state index contributed by atoms with van der Waals surface area (Å²) in [4.78, 5) is 15.7. The highest BCUT2D eigenvalue weighted by molar-refractivity contribution is 7.19. The molecule has 1 heterocycles. The van der Waals surface area contributed by atoms with Gasteiger partial charge in [0.05, 0.1) is 6.20 Å². The minimum absolute atomic E-state index is 0.342. The molecule has 3 rings (SSSR count). The van der Waals surface area contributed by atoms with Crippen molar-refractivity contribution >= 4 is 43.8 Å². The number of aliphatic hydroxyl groups is 1. The average molecular weight is 323 g/mol. The van der Waals surface area contributed by atoms with E-state index in [2.05, 4.69) is 33.5 Å². The molecule has 3 N–H and O–H groups in total. The minimum Gasteiger partial charge on any atom is -0.384 e. The SMILES string of the molecule is O=C(C#CCO)Nc1cnc(Nc2ccc3ccccc3c2)s1. The van der Waals surface area contributed by atoms with E-state index in [1.165, 1.54) is 16.7 Å². The molecule has 1 amide bonds. The van der Waals surface area contributed by atoms with E-state index >= 15 is 0 Å². The van der Waals surface area contributed by atoms with Gasteiger partial charge in [-0.1, -0.05) is 47.6 Å². The van der Waals surface area contributed by atoms with Gasteiger partial charge < -0.3 is 15.7 Å². The molecular formula is C17H13N3O2S. The third kappa shape index (κ3) is 3.86. The maximum absolute atomic E-state index is 11.4. The maximum atomic E-state index is 11.4. The molecule has 0 spiro atoms. The molecule has 0 bridgehead atoms. The van der Waals surface area contributed by atoms with E-state index in [4.69, 9.17) is 5.11 Å². The maximum Gasteiger partial charge on any atom is 0.301 e. The number of amides is 1. The van der Waals surface area contributed by atoms with Crippen LogP contribution in [-0.2, 0) is 4.79 Å². The smallest absolute Gasteiger partial charge is 0.301 e. The average Bonchev–Trinajstić information content (AvgIpc) is 2.99. The number of hydrogen-bond acceptors (Lipinski definition) is 5. The second-order valence-electron chi connectivity index (χ2n) is 4.63. The molecule has 0 aliphatic carbocycles. The lowest BCUT2D eigenvalue weighted by atomic mass is 10.1. The van der Waals surface area contributed by atoms with E-state index in [1.807, 2.05) is 36.4 Å². The molecule has 0 radical (unpaired) electrons. The lowest BCUT2D eigenvalue weighted by Crippen LogP contribution is -2.07. The number of aliphatic hydroxyl groups excluding tert-OH is 1. The third-order valence-corrected chi connectivity index (χ3v) is 3.85. The van der Waals surface area contributed by atoms with Crippen molar-refractivity contribution < 1.29 is 9.90 Å². The van der Waals surface area contributed by atoms with E-state index in [0.717, 1.165) is 11.1 Å². The Morgan fingerprint density at radius 3 is 2.87 bits per heavy atom. The molecular weight excluding hydrogens is 310 g/mol. The predicted molar refractivity (Wildman–Crippen MR) is 92.8 cm³/mol. The van der Waals surface area contributed by atoms with Crippen molar-refractivity contribution in [2.45, 2.75) is 0 Å². The summed E-state index contributed by atoms with van der Waals surface area (Å²) in [5, 5.41) is 17.9. The lowest BCUT2D eigenvalue weighted by Gasteiger charge is -2.04. The van der Waals surface area contributed by atoms with Crippen molar-refractivity contribution in [2.75, 3.05) is 17.2 Å². The molecule has 6 heteroatoms. The van der Waals surface area contributed by atoms with Crippen LogP contribution in [0.25, 0.3) is 10.8 Å². The summed E-state index contributed by atoms with van der Waals surface area (Å²) < 4.78 is 0. The summed E-state index contributed by atoms with van der Waals surface area (Å²) in [6.07, 6.45) is 1.56. The van der Waals surface area contributed by atoms with Gasteiger partial charge in [-0.15, -0.1) is 0 Å². The molecule has 0 atom stereocenters. The summed E-state index contributed by atoms with van der Waals surface area (Å²) >= 11 is 1.31. The number of carbonyl (C=O) groups is 1. The van der Waals surface area contributed by atoms with Crippen molar-refractivity contribution in [3.63, 3.8) is 0 Å². The van der Waals surface area contributed by atoms with E-state index < -0.39 is 5.91 Å². The van der Waals surface area contributed by atoms with Gasteiger partial charge in [0.15, 0.2) is 5.13 Å². The first kappa shape index (κ1) is 15.0. The van der Waals surface area contributed by atoms with Crippen molar-refractivity contribution in [3.05, 3.63) is 48.7 Å². The second kappa shape index (κ2) is 6.92. The van der Waals surface area contributed by atoms with Gasteiger partial charge in [-0.3, -0.25) is 4.79 Å². The Hall–Kier alpha value is -2.88. The molecule has 0 unspecified atom stereocenters. The standard InChI is InChI=1S/C17H13N3O2S/c21-9-3-6-15(22)20-16-11-18-17(23-16)19-14-8-7-12-4-1-2-5-13(12)10-14/h1-2,4-5,7-8,10-11,21H,9H2,(H,18,19)(H,20,22). The number of anilines is 3. The number of carbonyl (C=O) groups excluding carboxylic acids is 1. The van der Waals surface area contributed by atoms with E-state index in [0.29, 0.717) is 10.1 Å². The van der Waals surface area contributed by atoms with Crippen molar-refractivity contribution in [2.24, 2.45) is 0 Å². The summed E-state index contributed by atoms with van der Waals surface area (Å²) in [7, 11) is 0. The van der Waals surface area contributed by atoms with Crippen LogP contribution in [0, 0.1) is 11.8 Å². The topological polar surface area (TPSA) is 74.2 Å².